The zero-order chi connectivity index (χ0) is 14.2. The molecular weight excluding hydrogens is 248 g/mol. The molecule has 1 spiro atoms. The molecule has 0 radical (unpaired) electrons. The molecule has 3 fully saturated rings. The van der Waals surface area contributed by atoms with E-state index in [1.807, 2.05) is 7.05 Å². The monoisotopic (exact) mass is 278 g/mol. The molecule has 1 atom stereocenters. The predicted molar refractivity (Wildman–Crippen MR) is 84.0 cm³/mol. The van der Waals surface area contributed by atoms with Crippen LogP contribution in [0, 0.1) is 11.3 Å². The summed E-state index contributed by atoms with van der Waals surface area (Å²) in [7, 11) is 6.33. The molecule has 3 aliphatic rings. The first-order chi connectivity index (χ1) is 9.63. The maximum Gasteiger partial charge on any atom is 0.193 e. The SMILES string of the molecule is CN=C(NCC(C1CC1)N(C)C)N1CCC2(CCC2)C1. The molecule has 1 aliphatic heterocycles. The van der Waals surface area contributed by atoms with Gasteiger partial charge in [-0.3, -0.25) is 4.99 Å². The molecule has 114 valence electrons. The fourth-order valence-corrected chi connectivity index (χ4v) is 3.98. The number of aliphatic imine (C=N–C) groups is 1. The topological polar surface area (TPSA) is 30.9 Å². The van der Waals surface area contributed by atoms with Crippen LogP contribution in [0.25, 0.3) is 0 Å². The summed E-state index contributed by atoms with van der Waals surface area (Å²) >= 11 is 0. The molecule has 0 aromatic rings. The Morgan fingerprint density at radius 3 is 2.55 bits per heavy atom. The summed E-state index contributed by atoms with van der Waals surface area (Å²) in [6, 6.07) is 0.659. The van der Waals surface area contributed by atoms with Crippen molar-refractivity contribution in [2.24, 2.45) is 16.3 Å². The summed E-state index contributed by atoms with van der Waals surface area (Å²) in [5, 5.41) is 3.63. The Hall–Kier alpha value is -0.770. The molecule has 2 aliphatic carbocycles. The Balaban J connectivity index is 1.52. The van der Waals surface area contributed by atoms with Crippen molar-refractivity contribution in [1.82, 2.24) is 15.1 Å². The summed E-state index contributed by atoms with van der Waals surface area (Å²) in [6.45, 7) is 3.45. The minimum absolute atomic E-state index is 0.648. The molecule has 0 bridgehead atoms. The van der Waals surface area contributed by atoms with E-state index < -0.39 is 0 Å². The fraction of sp³-hybridized carbons (Fsp3) is 0.938. The fourth-order valence-electron chi connectivity index (χ4n) is 3.98. The average molecular weight is 278 g/mol. The molecule has 0 aromatic carbocycles. The van der Waals surface area contributed by atoms with Gasteiger partial charge in [-0.25, -0.2) is 0 Å². The average Bonchev–Trinajstić information content (AvgIpc) is 3.10. The van der Waals surface area contributed by atoms with Gasteiger partial charge in [0.15, 0.2) is 5.96 Å². The highest BCUT2D eigenvalue weighted by atomic mass is 15.3. The van der Waals surface area contributed by atoms with Crippen LogP contribution in [-0.4, -0.2) is 62.6 Å². The summed E-state index contributed by atoms with van der Waals surface area (Å²) in [4.78, 5) is 9.37. The van der Waals surface area contributed by atoms with Crippen LogP contribution in [-0.2, 0) is 0 Å². The summed E-state index contributed by atoms with van der Waals surface area (Å²) in [5.74, 6) is 2.02. The summed E-state index contributed by atoms with van der Waals surface area (Å²) in [6.07, 6.45) is 8.47. The number of hydrogen-bond acceptors (Lipinski definition) is 2. The van der Waals surface area contributed by atoms with Gasteiger partial charge in [0, 0.05) is 32.7 Å². The van der Waals surface area contributed by atoms with Gasteiger partial charge >= 0.3 is 0 Å². The minimum Gasteiger partial charge on any atom is -0.355 e. The first-order valence-corrected chi connectivity index (χ1v) is 8.26. The molecule has 3 rings (SSSR count). The third kappa shape index (κ3) is 2.80. The van der Waals surface area contributed by atoms with Gasteiger partial charge in [-0.2, -0.15) is 0 Å². The third-order valence-corrected chi connectivity index (χ3v) is 5.66. The molecule has 0 aromatic heterocycles. The van der Waals surface area contributed by atoms with Crippen LogP contribution in [0.5, 0.6) is 0 Å². The van der Waals surface area contributed by atoms with E-state index in [-0.39, 0.29) is 0 Å². The number of hydrogen-bond donors (Lipinski definition) is 1. The molecular formula is C16H30N4. The van der Waals surface area contributed by atoms with Gasteiger partial charge < -0.3 is 15.1 Å². The quantitative estimate of drug-likeness (QED) is 0.628. The molecule has 20 heavy (non-hydrogen) atoms. The van der Waals surface area contributed by atoms with Crippen LogP contribution in [0.3, 0.4) is 0 Å². The van der Waals surface area contributed by atoms with Crippen LogP contribution in [0.2, 0.25) is 0 Å². The van der Waals surface area contributed by atoms with Gasteiger partial charge in [-0.05, 0) is 57.5 Å². The Labute approximate surface area is 123 Å². The molecule has 4 heteroatoms. The standard InChI is InChI=1S/C16H30N4/c1-17-15(18-11-14(19(2)3)13-5-6-13)20-10-9-16(12-20)7-4-8-16/h13-14H,4-12H2,1-3H3,(H,17,18). The third-order valence-electron chi connectivity index (χ3n) is 5.66. The van der Waals surface area contributed by atoms with Crippen LogP contribution in [0.4, 0.5) is 0 Å². The van der Waals surface area contributed by atoms with Gasteiger partial charge in [0.05, 0.1) is 0 Å². The number of rotatable bonds is 4. The molecule has 1 N–H and O–H groups in total. The zero-order valence-corrected chi connectivity index (χ0v) is 13.4. The predicted octanol–water partition coefficient (Wildman–Crippen LogP) is 1.78. The molecule has 1 saturated heterocycles. The lowest BCUT2D eigenvalue weighted by atomic mass is 9.68. The molecule has 0 amide bonds. The van der Waals surface area contributed by atoms with E-state index in [1.165, 1.54) is 51.6 Å². The highest BCUT2D eigenvalue weighted by Gasteiger charge is 2.43. The Morgan fingerprint density at radius 1 is 1.35 bits per heavy atom. The first kappa shape index (κ1) is 14.2. The maximum atomic E-state index is 4.52. The van der Waals surface area contributed by atoms with Crippen LogP contribution in [0.1, 0.15) is 38.5 Å². The van der Waals surface area contributed by atoms with Crippen LogP contribution >= 0.6 is 0 Å². The van der Waals surface area contributed by atoms with Crippen molar-refractivity contribution >= 4 is 5.96 Å². The number of likely N-dealkylation sites (N-methyl/N-ethyl adjacent to an activating group) is 1. The van der Waals surface area contributed by atoms with E-state index in [1.54, 1.807) is 0 Å². The Kier molecular flexibility index (Phi) is 3.93. The minimum atomic E-state index is 0.648. The highest BCUT2D eigenvalue weighted by molar-refractivity contribution is 5.80. The number of likely N-dealkylation sites (tertiary alicyclic amines) is 1. The lowest BCUT2D eigenvalue weighted by Crippen LogP contribution is -2.47. The van der Waals surface area contributed by atoms with Crippen molar-refractivity contribution in [2.75, 3.05) is 40.8 Å². The van der Waals surface area contributed by atoms with E-state index in [0.29, 0.717) is 11.5 Å². The Bertz CT molecular complexity index is 367. The van der Waals surface area contributed by atoms with Crippen molar-refractivity contribution in [3.63, 3.8) is 0 Å². The van der Waals surface area contributed by atoms with Crippen LogP contribution < -0.4 is 5.32 Å². The van der Waals surface area contributed by atoms with Crippen molar-refractivity contribution in [2.45, 2.75) is 44.6 Å². The zero-order valence-electron chi connectivity index (χ0n) is 13.4. The molecule has 2 saturated carbocycles. The van der Waals surface area contributed by atoms with E-state index in [2.05, 4.69) is 34.2 Å². The highest BCUT2D eigenvalue weighted by Crippen LogP contribution is 2.47. The van der Waals surface area contributed by atoms with Crippen LogP contribution in [0.15, 0.2) is 4.99 Å². The number of guanidine groups is 1. The largest absolute Gasteiger partial charge is 0.355 e. The number of nitrogens with zero attached hydrogens (tertiary/aromatic N) is 3. The molecule has 1 heterocycles. The normalized spacial score (nSPS) is 27.0. The molecule has 4 nitrogen and oxygen atoms in total. The second-order valence-electron chi connectivity index (χ2n) is 7.32. The van der Waals surface area contributed by atoms with Gasteiger partial charge in [0.25, 0.3) is 0 Å². The first-order valence-electron chi connectivity index (χ1n) is 8.26. The van der Waals surface area contributed by atoms with Gasteiger partial charge in [0.2, 0.25) is 0 Å². The van der Waals surface area contributed by atoms with E-state index >= 15 is 0 Å². The lowest BCUT2D eigenvalue weighted by molar-refractivity contribution is 0.151. The van der Waals surface area contributed by atoms with Crippen molar-refractivity contribution in [1.29, 1.82) is 0 Å². The maximum absolute atomic E-state index is 4.52. The van der Waals surface area contributed by atoms with Gasteiger partial charge in [-0.15, -0.1) is 0 Å². The second kappa shape index (κ2) is 5.55. The number of nitrogens with one attached hydrogen (secondary N) is 1. The van der Waals surface area contributed by atoms with Crippen molar-refractivity contribution < 1.29 is 0 Å². The van der Waals surface area contributed by atoms with Crippen molar-refractivity contribution in [3.8, 4) is 0 Å². The van der Waals surface area contributed by atoms with E-state index in [4.69, 9.17) is 0 Å². The Morgan fingerprint density at radius 2 is 2.10 bits per heavy atom. The molecule has 1 unspecified atom stereocenters. The van der Waals surface area contributed by atoms with Crippen molar-refractivity contribution in [3.05, 3.63) is 0 Å². The van der Waals surface area contributed by atoms with Gasteiger partial charge in [0.1, 0.15) is 0 Å². The van der Waals surface area contributed by atoms with Gasteiger partial charge in [-0.1, -0.05) is 6.42 Å². The van der Waals surface area contributed by atoms with E-state index in [0.717, 1.165) is 18.4 Å². The lowest BCUT2D eigenvalue weighted by Gasteiger charge is -2.38. The smallest absolute Gasteiger partial charge is 0.193 e. The summed E-state index contributed by atoms with van der Waals surface area (Å²) in [5.41, 5.74) is 0.648. The summed E-state index contributed by atoms with van der Waals surface area (Å²) < 4.78 is 0. The van der Waals surface area contributed by atoms with E-state index in [9.17, 15) is 0 Å². The second-order valence-corrected chi connectivity index (χ2v) is 7.32.